The molecule has 1 aliphatic rings. The highest BCUT2D eigenvalue weighted by molar-refractivity contribution is 7.91. The Bertz CT molecular complexity index is 690. The third-order valence-electron chi connectivity index (χ3n) is 3.53. The standard InChI is InChI=1S/C14H17ClN2O4S/c1-2-17(12-6-7-22(20,21)9-12)14(19)13(18)16-11-5-3-4-10(15)8-11/h3-5,8,12H,2,6-7,9H2,1H3,(H,16,18). The van der Waals surface area contributed by atoms with Gasteiger partial charge in [0, 0.05) is 23.3 Å². The molecular weight excluding hydrogens is 328 g/mol. The van der Waals surface area contributed by atoms with Gasteiger partial charge in [-0.2, -0.15) is 0 Å². The first kappa shape index (κ1) is 16.8. The van der Waals surface area contributed by atoms with Crippen molar-refractivity contribution in [3.8, 4) is 0 Å². The van der Waals surface area contributed by atoms with E-state index in [0.29, 0.717) is 17.1 Å². The predicted molar refractivity (Wildman–Crippen MR) is 84.5 cm³/mol. The summed E-state index contributed by atoms with van der Waals surface area (Å²) in [7, 11) is -3.12. The first-order chi connectivity index (χ1) is 10.3. The normalized spacial score (nSPS) is 19.6. The van der Waals surface area contributed by atoms with Crippen LogP contribution < -0.4 is 5.32 Å². The van der Waals surface area contributed by atoms with Gasteiger partial charge in [0.2, 0.25) is 0 Å². The third kappa shape index (κ3) is 3.98. The fourth-order valence-corrected chi connectivity index (χ4v) is 4.39. The van der Waals surface area contributed by atoms with Gasteiger partial charge in [-0.3, -0.25) is 9.59 Å². The topological polar surface area (TPSA) is 83.6 Å². The van der Waals surface area contributed by atoms with E-state index < -0.39 is 27.7 Å². The summed E-state index contributed by atoms with van der Waals surface area (Å²) >= 11 is 5.82. The summed E-state index contributed by atoms with van der Waals surface area (Å²) in [6.45, 7) is 2.00. The van der Waals surface area contributed by atoms with Crippen LogP contribution in [0.25, 0.3) is 0 Å². The molecule has 8 heteroatoms. The van der Waals surface area contributed by atoms with Crippen LogP contribution >= 0.6 is 11.6 Å². The molecule has 0 bridgehead atoms. The number of nitrogens with zero attached hydrogens (tertiary/aromatic N) is 1. The molecule has 120 valence electrons. The smallest absolute Gasteiger partial charge is 0.313 e. The van der Waals surface area contributed by atoms with E-state index in [9.17, 15) is 18.0 Å². The van der Waals surface area contributed by atoms with Crippen molar-refractivity contribution < 1.29 is 18.0 Å². The van der Waals surface area contributed by atoms with Crippen molar-refractivity contribution in [3.63, 3.8) is 0 Å². The molecule has 1 unspecified atom stereocenters. The second-order valence-electron chi connectivity index (χ2n) is 5.11. The van der Waals surface area contributed by atoms with Gasteiger partial charge >= 0.3 is 11.8 Å². The lowest BCUT2D eigenvalue weighted by Crippen LogP contribution is -2.46. The Morgan fingerprint density at radius 3 is 2.68 bits per heavy atom. The Kier molecular flexibility index (Phi) is 5.08. The average molecular weight is 345 g/mol. The highest BCUT2D eigenvalue weighted by atomic mass is 35.5. The molecule has 1 aromatic carbocycles. The first-order valence-electron chi connectivity index (χ1n) is 6.90. The summed E-state index contributed by atoms with van der Waals surface area (Å²) in [4.78, 5) is 25.6. The largest absolute Gasteiger partial charge is 0.331 e. The van der Waals surface area contributed by atoms with Crippen molar-refractivity contribution in [2.75, 3.05) is 23.4 Å². The maximum Gasteiger partial charge on any atom is 0.313 e. The lowest BCUT2D eigenvalue weighted by atomic mass is 10.2. The van der Waals surface area contributed by atoms with E-state index in [2.05, 4.69) is 5.32 Å². The monoisotopic (exact) mass is 344 g/mol. The van der Waals surface area contributed by atoms with Gasteiger partial charge in [-0.05, 0) is 31.5 Å². The van der Waals surface area contributed by atoms with Crippen LogP contribution in [0, 0.1) is 0 Å². The van der Waals surface area contributed by atoms with Crippen molar-refractivity contribution in [1.82, 2.24) is 4.90 Å². The van der Waals surface area contributed by atoms with Crippen LogP contribution in [0.5, 0.6) is 0 Å². The van der Waals surface area contributed by atoms with Gasteiger partial charge in [0.15, 0.2) is 9.84 Å². The molecule has 1 heterocycles. The number of carbonyl (C=O) groups excluding carboxylic acids is 2. The molecule has 0 aliphatic carbocycles. The molecule has 1 saturated heterocycles. The van der Waals surface area contributed by atoms with Gasteiger partial charge in [-0.1, -0.05) is 17.7 Å². The van der Waals surface area contributed by atoms with Crippen LogP contribution in [0.2, 0.25) is 5.02 Å². The van der Waals surface area contributed by atoms with Crippen molar-refractivity contribution >= 4 is 38.9 Å². The Labute approximate surface area is 134 Å². The Hall–Kier alpha value is -1.60. The molecular formula is C14H17ClN2O4S. The molecule has 22 heavy (non-hydrogen) atoms. The van der Waals surface area contributed by atoms with Gasteiger partial charge in [0.1, 0.15) is 0 Å². The van der Waals surface area contributed by atoms with Gasteiger partial charge in [-0.15, -0.1) is 0 Å². The molecule has 1 atom stereocenters. The molecule has 0 aromatic heterocycles. The zero-order valence-corrected chi connectivity index (χ0v) is 13.7. The van der Waals surface area contributed by atoms with Crippen molar-refractivity contribution in [3.05, 3.63) is 29.3 Å². The van der Waals surface area contributed by atoms with Crippen LogP contribution in [0.15, 0.2) is 24.3 Å². The molecule has 1 aromatic rings. The number of carbonyl (C=O) groups is 2. The molecule has 6 nitrogen and oxygen atoms in total. The minimum Gasteiger partial charge on any atom is -0.331 e. The zero-order valence-electron chi connectivity index (χ0n) is 12.1. The highest BCUT2D eigenvalue weighted by Gasteiger charge is 2.35. The molecule has 1 N–H and O–H groups in total. The lowest BCUT2D eigenvalue weighted by Gasteiger charge is -2.26. The Balaban J connectivity index is 2.06. The number of hydrogen-bond acceptors (Lipinski definition) is 4. The number of rotatable bonds is 3. The predicted octanol–water partition coefficient (Wildman–Crippen LogP) is 1.31. The molecule has 0 saturated carbocycles. The Morgan fingerprint density at radius 1 is 1.41 bits per heavy atom. The average Bonchev–Trinajstić information content (AvgIpc) is 2.79. The van der Waals surface area contributed by atoms with E-state index in [1.807, 2.05) is 0 Å². The van der Waals surface area contributed by atoms with Crippen molar-refractivity contribution in [2.24, 2.45) is 0 Å². The van der Waals surface area contributed by atoms with Gasteiger partial charge in [0.05, 0.1) is 11.5 Å². The number of hydrogen-bond donors (Lipinski definition) is 1. The number of anilines is 1. The quantitative estimate of drug-likeness (QED) is 0.838. The van der Waals surface area contributed by atoms with E-state index in [1.165, 1.54) is 11.0 Å². The number of nitrogens with one attached hydrogen (secondary N) is 1. The summed E-state index contributed by atoms with van der Waals surface area (Å²) in [6.07, 6.45) is 0.367. The van der Waals surface area contributed by atoms with Gasteiger partial charge < -0.3 is 10.2 Å². The second-order valence-corrected chi connectivity index (χ2v) is 7.78. The van der Waals surface area contributed by atoms with Crippen LogP contribution in [-0.2, 0) is 19.4 Å². The van der Waals surface area contributed by atoms with Crippen molar-refractivity contribution in [2.45, 2.75) is 19.4 Å². The summed E-state index contributed by atoms with van der Waals surface area (Å²) in [5.41, 5.74) is 0.418. The summed E-state index contributed by atoms with van der Waals surface area (Å²) < 4.78 is 23.1. The SMILES string of the molecule is CCN(C(=O)C(=O)Nc1cccc(Cl)c1)C1CCS(=O)(=O)C1. The maximum atomic E-state index is 12.2. The molecule has 2 rings (SSSR count). The minimum absolute atomic E-state index is 0.0529. The molecule has 1 aliphatic heterocycles. The van der Waals surface area contributed by atoms with Crippen molar-refractivity contribution in [1.29, 1.82) is 0 Å². The maximum absolute atomic E-state index is 12.2. The zero-order chi connectivity index (χ0) is 16.3. The third-order valence-corrected chi connectivity index (χ3v) is 5.51. The summed E-state index contributed by atoms with van der Waals surface area (Å²) in [6, 6.07) is 6.02. The first-order valence-corrected chi connectivity index (χ1v) is 9.10. The minimum atomic E-state index is -3.12. The van der Waals surface area contributed by atoms with Gasteiger partial charge in [-0.25, -0.2) is 8.42 Å². The van der Waals surface area contributed by atoms with Crippen LogP contribution in [0.4, 0.5) is 5.69 Å². The van der Waals surface area contributed by atoms with Crippen LogP contribution in [-0.4, -0.2) is 49.2 Å². The molecule has 0 radical (unpaired) electrons. The number of benzene rings is 1. The fourth-order valence-electron chi connectivity index (χ4n) is 2.47. The van der Waals surface area contributed by atoms with E-state index >= 15 is 0 Å². The molecule has 0 spiro atoms. The number of halogens is 1. The van der Waals surface area contributed by atoms with E-state index in [4.69, 9.17) is 11.6 Å². The van der Waals surface area contributed by atoms with E-state index in [-0.39, 0.29) is 18.1 Å². The lowest BCUT2D eigenvalue weighted by molar-refractivity contribution is -0.144. The highest BCUT2D eigenvalue weighted by Crippen LogP contribution is 2.19. The summed E-state index contributed by atoms with van der Waals surface area (Å²) in [5.74, 6) is -1.56. The molecule has 2 amide bonds. The number of amides is 2. The van der Waals surface area contributed by atoms with Crippen LogP contribution in [0.1, 0.15) is 13.3 Å². The Morgan fingerprint density at radius 2 is 2.14 bits per heavy atom. The second kappa shape index (κ2) is 6.66. The fraction of sp³-hybridized carbons (Fsp3) is 0.429. The number of sulfone groups is 1. The molecule has 1 fully saturated rings. The van der Waals surface area contributed by atoms with Crippen LogP contribution in [0.3, 0.4) is 0 Å². The summed E-state index contributed by atoms with van der Waals surface area (Å²) in [5, 5.41) is 2.92. The van der Waals surface area contributed by atoms with E-state index in [1.54, 1.807) is 25.1 Å². The van der Waals surface area contributed by atoms with Gasteiger partial charge in [0.25, 0.3) is 0 Å². The van der Waals surface area contributed by atoms with E-state index in [0.717, 1.165) is 0 Å². The number of likely N-dealkylation sites (N-methyl/N-ethyl adjacent to an activating group) is 1.